The molecule has 0 aromatic heterocycles. The first-order valence-corrected chi connectivity index (χ1v) is 7.28. The largest absolute Gasteiger partial charge is 0.389 e. The van der Waals surface area contributed by atoms with Crippen molar-refractivity contribution in [3.8, 4) is 0 Å². The SMILES string of the molecule is COCCNCC(O)COCC1CCCCCC1. The Kier molecular flexibility index (Phi) is 9.48. The monoisotopic (exact) mass is 259 g/mol. The Hall–Kier alpha value is -0.160. The van der Waals surface area contributed by atoms with Crippen LogP contribution in [-0.4, -0.2) is 51.2 Å². The number of nitrogens with one attached hydrogen (secondary N) is 1. The summed E-state index contributed by atoms with van der Waals surface area (Å²) in [7, 11) is 1.67. The van der Waals surface area contributed by atoms with Gasteiger partial charge >= 0.3 is 0 Å². The van der Waals surface area contributed by atoms with Gasteiger partial charge in [-0.2, -0.15) is 0 Å². The number of ether oxygens (including phenoxy) is 2. The summed E-state index contributed by atoms with van der Waals surface area (Å²) in [6.07, 6.45) is 7.62. The van der Waals surface area contributed by atoms with Gasteiger partial charge < -0.3 is 19.9 Å². The van der Waals surface area contributed by atoms with Gasteiger partial charge in [-0.1, -0.05) is 25.7 Å². The average molecular weight is 259 g/mol. The van der Waals surface area contributed by atoms with Crippen molar-refractivity contribution < 1.29 is 14.6 Å². The van der Waals surface area contributed by atoms with E-state index in [1.54, 1.807) is 7.11 Å². The Labute approximate surface area is 111 Å². The van der Waals surface area contributed by atoms with Crippen LogP contribution in [0.4, 0.5) is 0 Å². The molecule has 1 rings (SSSR count). The zero-order chi connectivity index (χ0) is 13.1. The maximum Gasteiger partial charge on any atom is 0.0897 e. The number of hydrogen-bond acceptors (Lipinski definition) is 4. The van der Waals surface area contributed by atoms with Crippen molar-refractivity contribution in [1.29, 1.82) is 0 Å². The van der Waals surface area contributed by atoms with Crippen molar-refractivity contribution in [2.75, 3.05) is 40.0 Å². The van der Waals surface area contributed by atoms with E-state index < -0.39 is 6.10 Å². The van der Waals surface area contributed by atoms with Crippen LogP contribution in [0.1, 0.15) is 38.5 Å². The molecule has 0 spiro atoms. The predicted octanol–water partition coefficient (Wildman–Crippen LogP) is 1.57. The van der Waals surface area contributed by atoms with E-state index >= 15 is 0 Å². The first kappa shape index (κ1) is 15.9. The van der Waals surface area contributed by atoms with Crippen LogP contribution < -0.4 is 5.32 Å². The van der Waals surface area contributed by atoms with Crippen molar-refractivity contribution in [2.24, 2.45) is 5.92 Å². The van der Waals surface area contributed by atoms with Crippen molar-refractivity contribution in [2.45, 2.75) is 44.6 Å². The predicted molar refractivity (Wildman–Crippen MR) is 72.8 cm³/mol. The Balaban J connectivity index is 1.95. The zero-order valence-corrected chi connectivity index (χ0v) is 11.7. The molecule has 0 saturated heterocycles. The normalized spacial score (nSPS) is 19.7. The fraction of sp³-hybridized carbons (Fsp3) is 1.00. The van der Waals surface area contributed by atoms with Crippen LogP contribution in [0.2, 0.25) is 0 Å². The third-order valence-corrected chi connectivity index (χ3v) is 3.50. The van der Waals surface area contributed by atoms with Gasteiger partial charge in [0.25, 0.3) is 0 Å². The molecule has 1 saturated carbocycles. The summed E-state index contributed by atoms with van der Waals surface area (Å²) in [6.45, 7) is 3.28. The molecule has 0 aromatic carbocycles. The maximum atomic E-state index is 9.71. The Morgan fingerprint density at radius 3 is 2.61 bits per heavy atom. The number of methoxy groups -OCH3 is 1. The second kappa shape index (κ2) is 10.7. The van der Waals surface area contributed by atoms with Crippen LogP contribution >= 0.6 is 0 Å². The summed E-state index contributed by atoms with van der Waals surface area (Å²) in [4.78, 5) is 0. The molecule has 0 heterocycles. The molecule has 108 valence electrons. The van der Waals surface area contributed by atoms with Crippen molar-refractivity contribution in [3.05, 3.63) is 0 Å². The van der Waals surface area contributed by atoms with Gasteiger partial charge in [-0.3, -0.25) is 0 Å². The van der Waals surface area contributed by atoms with Gasteiger partial charge in [0.05, 0.1) is 19.3 Å². The lowest BCUT2D eigenvalue weighted by Crippen LogP contribution is -2.32. The summed E-state index contributed by atoms with van der Waals surface area (Å²) in [5, 5.41) is 12.8. The third kappa shape index (κ3) is 8.03. The Morgan fingerprint density at radius 1 is 1.22 bits per heavy atom. The molecule has 1 aliphatic rings. The van der Waals surface area contributed by atoms with Gasteiger partial charge in [0.2, 0.25) is 0 Å². The molecule has 1 fully saturated rings. The number of hydrogen-bond donors (Lipinski definition) is 2. The minimum Gasteiger partial charge on any atom is -0.389 e. The van der Waals surface area contributed by atoms with Gasteiger partial charge in [0.1, 0.15) is 0 Å². The van der Waals surface area contributed by atoms with E-state index in [0.29, 0.717) is 25.7 Å². The maximum absolute atomic E-state index is 9.71. The molecule has 1 atom stereocenters. The van der Waals surface area contributed by atoms with Crippen LogP contribution in [0, 0.1) is 5.92 Å². The second-order valence-electron chi connectivity index (χ2n) is 5.25. The highest BCUT2D eigenvalue weighted by Crippen LogP contribution is 2.22. The van der Waals surface area contributed by atoms with Crippen molar-refractivity contribution in [1.82, 2.24) is 5.32 Å². The zero-order valence-electron chi connectivity index (χ0n) is 11.7. The Bertz CT molecular complexity index is 182. The van der Waals surface area contributed by atoms with Gasteiger partial charge in [-0.15, -0.1) is 0 Å². The lowest BCUT2D eigenvalue weighted by atomic mass is 10.0. The molecule has 2 N–H and O–H groups in total. The van der Waals surface area contributed by atoms with Gasteiger partial charge in [-0.25, -0.2) is 0 Å². The fourth-order valence-corrected chi connectivity index (χ4v) is 2.40. The van der Waals surface area contributed by atoms with E-state index in [1.807, 2.05) is 0 Å². The molecule has 0 aliphatic heterocycles. The van der Waals surface area contributed by atoms with Gasteiger partial charge in [-0.05, 0) is 18.8 Å². The van der Waals surface area contributed by atoms with E-state index in [1.165, 1.54) is 38.5 Å². The molecule has 0 amide bonds. The van der Waals surface area contributed by atoms with E-state index in [4.69, 9.17) is 9.47 Å². The third-order valence-electron chi connectivity index (χ3n) is 3.50. The minimum atomic E-state index is -0.410. The smallest absolute Gasteiger partial charge is 0.0897 e. The molecule has 18 heavy (non-hydrogen) atoms. The van der Waals surface area contributed by atoms with E-state index in [9.17, 15) is 5.11 Å². The van der Waals surface area contributed by atoms with Crippen LogP contribution in [0.25, 0.3) is 0 Å². The first-order chi connectivity index (χ1) is 8.83. The van der Waals surface area contributed by atoms with E-state index in [2.05, 4.69) is 5.32 Å². The van der Waals surface area contributed by atoms with E-state index in [-0.39, 0.29) is 0 Å². The fourth-order valence-electron chi connectivity index (χ4n) is 2.40. The average Bonchev–Trinajstić information content (AvgIpc) is 2.63. The van der Waals surface area contributed by atoms with Gasteiger partial charge in [0, 0.05) is 26.8 Å². The minimum absolute atomic E-state index is 0.410. The summed E-state index contributed by atoms with van der Waals surface area (Å²) in [5.74, 6) is 0.709. The molecule has 4 heteroatoms. The lowest BCUT2D eigenvalue weighted by molar-refractivity contribution is 0.0188. The molecule has 1 aliphatic carbocycles. The van der Waals surface area contributed by atoms with Crippen molar-refractivity contribution >= 4 is 0 Å². The van der Waals surface area contributed by atoms with Gasteiger partial charge in [0.15, 0.2) is 0 Å². The molecular weight excluding hydrogens is 230 g/mol. The summed E-state index contributed by atoms with van der Waals surface area (Å²) >= 11 is 0. The highest BCUT2D eigenvalue weighted by molar-refractivity contribution is 4.65. The first-order valence-electron chi connectivity index (χ1n) is 7.28. The topological polar surface area (TPSA) is 50.7 Å². The van der Waals surface area contributed by atoms with Crippen LogP contribution in [0.3, 0.4) is 0 Å². The number of aliphatic hydroxyl groups excluding tert-OH is 1. The van der Waals surface area contributed by atoms with Crippen LogP contribution in [-0.2, 0) is 9.47 Å². The molecular formula is C14H29NO3. The summed E-state index contributed by atoms with van der Waals surface area (Å²) in [6, 6.07) is 0. The quantitative estimate of drug-likeness (QED) is 0.487. The summed E-state index contributed by atoms with van der Waals surface area (Å²) in [5.41, 5.74) is 0. The second-order valence-corrected chi connectivity index (χ2v) is 5.25. The molecule has 1 unspecified atom stereocenters. The van der Waals surface area contributed by atoms with Crippen molar-refractivity contribution in [3.63, 3.8) is 0 Å². The molecule has 4 nitrogen and oxygen atoms in total. The highest BCUT2D eigenvalue weighted by atomic mass is 16.5. The molecule has 0 bridgehead atoms. The highest BCUT2D eigenvalue weighted by Gasteiger charge is 2.13. The molecule has 0 radical (unpaired) electrons. The lowest BCUT2D eigenvalue weighted by Gasteiger charge is -2.16. The van der Waals surface area contributed by atoms with Crippen LogP contribution in [0.15, 0.2) is 0 Å². The number of rotatable bonds is 9. The molecule has 0 aromatic rings. The number of aliphatic hydroxyl groups is 1. The van der Waals surface area contributed by atoms with Crippen LogP contribution in [0.5, 0.6) is 0 Å². The summed E-state index contributed by atoms with van der Waals surface area (Å²) < 4.78 is 10.5. The standard InChI is InChI=1S/C14H29NO3/c1-17-9-8-15-10-14(16)12-18-11-13-6-4-2-3-5-7-13/h13-16H,2-12H2,1H3. The van der Waals surface area contributed by atoms with E-state index in [0.717, 1.165) is 13.2 Å². The Morgan fingerprint density at radius 2 is 1.94 bits per heavy atom.